The summed E-state index contributed by atoms with van der Waals surface area (Å²) in [5, 5.41) is 2.88. The van der Waals surface area contributed by atoms with Crippen LogP contribution in [0.3, 0.4) is 0 Å². The van der Waals surface area contributed by atoms with E-state index in [0.29, 0.717) is 5.88 Å². The van der Waals surface area contributed by atoms with E-state index in [0.717, 1.165) is 65.8 Å². The Labute approximate surface area is 215 Å². The van der Waals surface area contributed by atoms with Crippen molar-refractivity contribution in [2.75, 3.05) is 32.0 Å². The van der Waals surface area contributed by atoms with E-state index in [4.69, 9.17) is 26.1 Å². The van der Waals surface area contributed by atoms with Crippen LogP contribution in [0.2, 0.25) is 0 Å². The fourth-order valence-electron chi connectivity index (χ4n) is 4.74. The van der Waals surface area contributed by atoms with Gasteiger partial charge < -0.3 is 19.2 Å². The Bertz CT molecular complexity index is 1380. The maximum absolute atomic E-state index is 11.9. The van der Waals surface area contributed by atoms with Crippen molar-refractivity contribution >= 4 is 28.8 Å². The van der Waals surface area contributed by atoms with Gasteiger partial charge in [-0.3, -0.25) is 9.69 Å². The molecule has 3 heterocycles. The number of carbonyl (C=O) groups is 1. The third-order valence-corrected chi connectivity index (χ3v) is 6.75. The summed E-state index contributed by atoms with van der Waals surface area (Å²) in [4.78, 5) is 19.3. The van der Waals surface area contributed by atoms with Crippen molar-refractivity contribution < 1.29 is 14.3 Å². The van der Waals surface area contributed by atoms with Crippen LogP contribution >= 0.6 is 11.6 Å². The Hall–Kier alpha value is -3.55. The number of hydrogen-bond donors (Lipinski definition) is 1. The highest BCUT2D eigenvalue weighted by Crippen LogP contribution is 2.34. The van der Waals surface area contributed by atoms with Crippen molar-refractivity contribution in [3.63, 3.8) is 0 Å². The highest BCUT2D eigenvalue weighted by molar-refractivity contribution is 6.19. The minimum Gasteiger partial charge on any atom is -0.493 e. The average molecular weight is 505 g/mol. The van der Waals surface area contributed by atoms with E-state index in [1.165, 1.54) is 11.1 Å². The molecule has 0 fully saturated rings. The van der Waals surface area contributed by atoms with Gasteiger partial charge in [0.25, 0.3) is 0 Å². The van der Waals surface area contributed by atoms with Gasteiger partial charge >= 0.3 is 0 Å². The van der Waals surface area contributed by atoms with Gasteiger partial charge in [-0.25, -0.2) is 4.98 Å². The van der Waals surface area contributed by atoms with E-state index in [1.807, 2.05) is 42.5 Å². The van der Waals surface area contributed by atoms with Gasteiger partial charge in [0.2, 0.25) is 5.91 Å². The highest BCUT2D eigenvalue weighted by atomic mass is 35.5. The van der Waals surface area contributed by atoms with E-state index in [2.05, 4.69) is 32.9 Å². The zero-order chi connectivity index (χ0) is 25.1. The Balaban J connectivity index is 1.43. The first-order valence-corrected chi connectivity index (χ1v) is 12.5. The van der Waals surface area contributed by atoms with Crippen LogP contribution in [-0.4, -0.2) is 46.8 Å². The first-order valence-electron chi connectivity index (χ1n) is 12.0. The van der Waals surface area contributed by atoms with Crippen LogP contribution in [0.25, 0.3) is 16.9 Å². The summed E-state index contributed by atoms with van der Waals surface area (Å²) in [7, 11) is 3.34. The molecule has 36 heavy (non-hydrogen) atoms. The van der Waals surface area contributed by atoms with Crippen LogP contribution in [0.1, 0.15) is 23.2 Å². The number of carbonyl (C=O) groups excluding carboxylic acids is 1. The SMILES string of the molecule is COc1cc2c(cc1OC)CN(Cc1c(-c3ccc(NC(=O)CCCl)cc3)nc3ccccn13)CC2. The van der Waals surface area contributed by atoms with Gasteiger partial charge in [-0.05, 0) is 53.9 Å². The van der Waals surface area contributed by atoms with Crippen LogP contribution in [0.5, 0.6) is 11.5 Å². The molecule has 5 rings (SSSR count). The van der Waals surface area contributed by atoms with Crippen LogP contribution in [0, 0.1) is 0 Å². The number of benzene rings is 2. The Morgan fingerprint density at radius 3 is 2.53 bits per heavy atom. The van der Waals surface area contributed by atoms with Crippen LogP contribution in [-0.2, 0) is 24.3 Å². The lowest BCUT2D eigenvalue weighted by molar-refractivity contribution is -0.115. The third-order valence-electron chi connectivity index (χ3n) is 6.56. The lowest BCUT2D eigenvalue weighted by atomic mass is 9.98. The number of amides is 1. The Morgan fingerprint density at radius 1 is 1.06 bits per heavy atom. The second-order valence-electron chi connectivity index (χ2n) is 8.84. The summed E-state index contributed by atoms with van der Waals surface area (Å²) in [6.45, 7) is 2.51. The quantitative estimate of drug-likeness (QED) is 0.336. The number of alkyl halides is 1. The fraction of sp³-hybridized carbons (Fsp3) is 0.286. The number of hydrogen-bond acceptors (Lipinski definition) is 5. The van der Waals surface area contributed by atoms with E-state index < -0.39 is 0 Å². The largest absolute Gasteiger partial charge is 0.493 e. The van der Waals surface area contributed by atoms with Crippen molar-refractivity contribution in [3.05, 3.63) is 77.6 Å². The number of nitrogens with zero attached hydrogens (tertiary/aromatic N) is 3. The number of fused-ring (bicyclic) bond motifs is 2. The van der Waals surface area contributed by atoms with Crippen LogP contribution in [0.15, 0.2) is 60.8 Å². The molecule has 0 atom stereocenters. The van der Waals surface area contributed by atoms with Crippen molar-refractivity contribution in [1.29, 1.82) is 0 Å². The predicted molar refractivity (Wildman–Crippen MR) is 142 cm³/mol. The van der Waals surface area contributed by atoms with Crippen LogP contribution in [0.4, 0.5) is 5.69 Å². The standard InChI is InChI=1S/C28H29ClN4O3/c1-35-24-15-20-11-14-32(17-21(20)16-25(24)36-2)18-23-28(31-26-5-3-4-13-33(23)26)19-6-8-22(9-7-19)30-27(34)10-12-29/h3-9,13,15-16H,10-12,14,17-18H2,1-2H3,(H,30,34). The Kier molecular flexibility index (Phi) is 7.11. The number of nitrogens with one attached hydrogen (secondary N) is 1. The van der Waals surface area contributed by atoms with Gasteiger partial charge in [0.05, 0.1) is 25.6 Å². The summed E-state index contributed by atoms with van der Waals surface area (Å²) < 4.78 is 13.2. The lowest BCUT2D eigenvalue weighted by Crippen LogP contribution is -2.30. The average Bonchev–Trinajstić information content (AvgIpc) is 3.26. The minimum absolute atomic E-state index is 0.0919. The fourth-order valence-corrected chi connectivity index (χ4v) is 4.91. The minimum atomic E-state index is -0.0919. The summed E-state index contributed by atoms with van der Waals surface area (Å²) in [5.41, 5.74) is 7.29. The molecule has 2 aromatic heterocycles. The highest BCUT2D eigenvalue weighted by Gasteiger charge is 2.23. The number of ether oxygens (including phenoxy) is 2. The molecule has 0 saturated heterocycles. The molecular formula is C28H29ClN4O3. The summed E-state index contributed by atoms with van der Waals surface area (Å²) in [5.74, 6) is 1.74. The van der Waals surface area contributed by atoms with Gasteiger partial charge in [0.1, 0.15) is 5.65 Å². The number of aromatic nitrogens is 2. The van der Waals surface area contributed by atoms with Gasteiger partial charge in [-0.2, -0.15) is 0 Å². The van der Waals surface area contributed by atoms with Crippen molar-refractivity contribution in [2.45, 2.75) is 25.9 Å². The molecule has 2 aromatic carbocycles. The molecule has 0 radical (unpaired) electrons. The molecule has 1 aliphatic rings. The van der Waals surface area contributed by atoms with Crippen molar-refractivity contribution in [2.24, 2.45) is 0 Å². The molecule has 0 bridgehead atoms. The molecule has 1 aliphatic heterocycles. The molecule has 0 aliphatic carbocycles. The van der Waals surface area contributed by atoms with E-state index in [-0.39, 0.29) is 12.3 Å². The molecule has 0 unspecified atom stereocenters. The predicted octanol–water partition coefficient (Wildman–Crippen LogP) is 5.14. The molecule has 1 amide bonds. The van der Waals surface area contributed by atoms with Gasteiger partial charge in [0.15, 0.2) is 11.5 Å². The zero-order valence-corrected chi connectivity index (χ0v) is 21.2. The smallest absolute Gasteiger partial charge is 0.225 e. The first-order chi connectivity index (χ1) is 17.6. The molecule has 4 aromatic rings. The van der Waals surface area contributed by atoms with Gasteiger partial charge in [-0.15, -0.1) is 11.6 Å². The topological polar surface area (TPSA) is 68.1 Å². The Morgan fingerprint density at radius 2 is 1.81 bits per heavy atom. The summed E-state index contributed by atoms with van der Waals surface area (Å²) >= 11 is 5.67. The summed E-state index contributed by atoms with van der Waals surface area (Å²) in [6, 6.07) is 18.1. The molecule has 0 spiro atoms. The number of halogens is 1. The number of methoxy groups -OCH3 is 2. The van der Waals surface area contributed by atoms with Gasteiger partial charge in [-0.1, -0.05) is 18.2 Å². The zero-order valence-electron chi connectivity index (χ0n) is 20.5. The van der Waals surface area contributed by atoms with E-state index >= 15 is 0 Å². The van der Waals surface area contributed by atoms with Crippen LogP contribution < -0.4 is 14.8 Å². The van der Waals surface area contributed by atoms with Gasteiger partial charge in [0, 0.05) is 49.4 Å². The monoisotopic (exact) mass is 504 g/mol. The molecule has 0 saturated carbocycles. The van der Waals surface area contributed by atoms with Crippen molar-refractivity contribution in [1.82, 2.24) is 14.3 Å². The number of pyridine rings is 1. The second kappa shape index (κ2) is 10.6. The summed E-state index contributed by atoms with van der Waals surface area (Å²) in [6.07, 6.45) is 3.30. The van der Waals surface area contributed by atoms with Crippen molar-refractivity contribution in [3.8, 4) is 22.8 Å². The first kappa shape index (κ1) is 24.2. The second-order valence-corrected chi connectivity index (χ2v) is 9.21. The molecular weight excluding hydrogens is 476 g/mol. The molecule has 1 N–H and O–H groups in total. The number of rotatable bonds is 8. The lowest BCUT2D eigenvalue weighted by Gasteiger charge is -2.29. The molecule has 186 valence electrons. The number of anilines is 1. The maximum atomic E-state index is 11.9. The third kappa shape index (κ3) is 4.90. The van der Waals surface area contributed by atoms with E-state index in [9.17, 15) is 4.79 Å². The molecule has 7 nitrogen and oxygen atoms in total. The normalized spacial score (nSPS) is 13.4. The number of imidazole rings is 1. The van der Waals surface area contributed by atoms with E-state index in [1.54, 1.807) is 14.2 Å². The maximum Gasteiger partial charge on any atom is 0.225 e. The molecule has 8 heteroatoms.